The topological polar surface area (TPSA) is 73.1 Å². The minimum atomic E-state index is 0.202. The molecule has 6 heteroatoms. The molecule has 5 nitrogen and oxygen atoms in total. The zero-order valence-electron chi connectivity index (χ0n) is 9.75. The summed E-state index contributed by atoms with van der Waals surface area (Å²) < 4.78 is 5.60. The lowest BCUT2D eigenvalue weighted by atomic mass is 10.3. The Kier molecular flexibility index (Phi) is 3.69. The van der Waals surface area contributed by atoms with Crippen LogP contribution in [0.15, 0.2) is 36.7 Å². The van der Waals surface area contributed by atoms with Crippen molar-refractivity contribution in [1.29, 1.82) is 0 Å². The molecule has 0 spiro atoms. The SMILES string of the molecule is Cc1ncccc1Oc1ccc(NC(N)=S)cn1. The molecule has 18 heavy (non-hydrogen) atoms. The van der Waals surface area contributed by atoms with Crippen molar-refractivity contribution in [3.8, 4) is 11.6 Å². The first kappa shape index (κ1) is 12.3. The Balaban J connectivity index is 2.11. The number of thiocarbonyl (C=S) groups is 1. The van der Waals surface area contributed by atoms with Crippen LogP contribution in [0.25, 0.3) is 0 Å². The Morgan fingerprint density at radius 2 is 2.17 bits per heavy atom. The van der Waals surface area contributed by atoms with E-state index in [1.165, 1.54) is 0 Å². The summed E-state index contributed by atoms with van der Waals surface area (Å²) in [6.07, 6.45) is 3.31. The van der Waals surface area contributed by atoms with Gasteiger partial charge in [-0.2, -0.15) is 0 Å². The van der Waals surface area contributed by atoms with Crippen LogP contribution in [-0.4, -0.2) is 15.1 Å². The van der Waals surface area contributed by atoms with Crippen molar-refractivity contribution in [3.05, 3.63) is 42.4 Å². The quantitative estimate of drug-likeness (QED) is 0.824. The van der Waals surface area contributed by atoms with Crippen molar-refractivity contribution in [2.24, 2.45) is 5.73 Å². The minimum absolute atomic E-state index is 0.202. The molecule has 2 aromatic heterocycles. The molecule has 0 bridgehead atoms. The van der Waals surface area contributed by atoms with Gasteiger partial charge >= 0.3 is 0 Å². The fraction of sp³-hybridized carbons (Fsp3) is 0.0833. The van der Waals surface area contributed by atoms with Gasteiger partial charge in [0.2, 0.25) is 5.88 Å². The van der Waals surface area contributed by atoms with Gasteiger partial charge in [0.1, 0.15) is 0 Å². The molecule has 2 heterocycles. The molecule has 3 N–H and O–H groups in total. The number of hydrogen-bond acceptors (Lipinski definition) is 4. The van der Waals surface area contributed by atoms with Crippen LogP contribution in [0, 0.1) is 6.92 Å². The van der Waals surface area contributed by atoms with Crippen LogP contribution >= 0.6 is 12.2 Å². The molecule has 0 aliphatic rings. The molecule has 92 valence electrons. The fourth-order valence-electron chi connectivity index (χ4n) is 1.35. The summed E-state index contributed by atoms with van der Waals surface area (Å²) >= 11 is 4.73. The molecule has 0 aromatic carbocycles. The number of aromatic nitrogens is 2. The van der Waals surface area contributed by atoms with E-state index in [1.807, 2.05) is 19.1 Å². The first-order valence-corrected chi connectivity index (χ1v) is 5.68. The second-order valence-electron chi connectivity index (χ2n) is 3.56. The van der Waals surface area contributed by atoms with E-state index in [0.29, 0.717) is 11.6 Å². The number of hydrogen-bond donors (Lipinski definition) is 2. The molecule has 0 unspecified atom stereocenters. The second kappa shape index (κ2) is 5.42. The molecule has 0 amide bonds. The zero-order chi connectivity index (χ0) is 13.0. The van der Waals surface area contributed by atoms with Gasteiger partial charge in [0.25, 0.3) is 0 Å². The predicted octanol–water partition coefficient (Wildman–Crippen LogP) is 2.23. The highest BCUT2D eigenvalue weighted by Crippen LogP contribution is 2.22. The number of nitrogens with zero attached hydrogens (tertiary/aromatic N) is 2. The Hall–Kier alpha value is -2.21. The van der Waals surface area contributed by atoms with Gasteiger partial charge in [-0.15, -0.1) is 0 Å². The maximum absolute atomic E-state index is 5.60. The maximum Gasteiger partial charge on any atom is 0.219 e. The molecule has 0 atom stereocenters. The first-order chi connectivity index (χ1) is 8.65. The molecule has 2 aromatic rings. The van der Waals surface area contributed by atoms with Crippen molar-refractivity contribution in [1.82, 2.24) is 9.97 Å². The number of rotatable bonds is 3. The third kappa shape index (κ3) is 3.14. The summed E-state index contributed by atoms with van der Waals surface area (Å²) in [5.74, 6) is 1.17. The lowest BCUT2D eigenvalue weighted by molar-refractivity contribution is 0.457. The Morgan fingerprint density at radius 3 is 2.78 bits per heavy atom. The maximum atomic E-state index is 5.60. The summed E-state index contributed by atoms with van der Waals surface area (Å²) in [5.41, 5.74) is 6.89. The van der Waals surface area contributed by atoms with Gasteiger partial charge in [0.05, 0.1) is 17.6 Å². The van der Waals surface area contributed by atoms with Crippen molar-refractivity contribution in [2.75, 3.05) is 5.32 Å². The third-order valence-electron chi connectivity index (χ3n) is 2.18. The van der Waals surface area contributed by atoms with E-state index in [0.717, 1.165) is 11.4 Å². The molecule has 0 saturated heterocycles. The zero-order valence-corrected chi connectivity index (χ0v) is 10.6. The van der Waals surface area contributed by atoms with E-state index < -0.39 is 0 Å². The predicted molar refractivity (Wildman–Crippen MR) is 73.7 cm³/mol. The summed E-state index contributed by atoms with van der Waals surface area (Å²) in [7, 11) is 0. The van der Waals surface area contributed by atoms with Crippen LogP contribution in [0.2, 0.25) is 0 Å². The highest BCUT2D eigenvalue weighted by Gasteiger charge is 2.02. The van der Waals surface area contributed by atoms with Crippen molar-refractivity contribution >= 4 is 23.0 Å². The number of nitrogens with one attached hydrogen (secondary N) is 1. The summed E-state index contributed by atoms with van der Waals surface area (Å²) in [6, 6.07) is 7.16. The van der Waals surface area contributed by atoms with E-state index in [9.17, 15) is 0 Å². The van der Waals surface area contributed by atoms with Crippen LogP contribution in [0.5, 0.6) is 11.6 Å². The number of aryl methyl sites for hydroxylation is 1. The monoisotopic (exact) mass is 260 g/mol. The van der Waals surface area contributed by atoms with E-state index in [1.54, 1.807) is 24.5 Å². The average molecular weight is 260 g/mol. The number of anilines is 1. The van der Waals surface area contributed by atoms with Crippen LogP contribution in [0.4, 0.5) is 5.69 Å². The molecule has 0 aliphatic heterocycles. The second-order valence-corrected chi connectivity index (χ2v) is 4.00. The van der Waals surface area contributed by atoms with Crippen molar-refractivity contribution in [2.45, 2.75) is 6.92 Å². The van der Waals surface area contributed by atoms with Gasteiger partial charge in [-0.25, -0.2) is 4.98 Å². The molecule has 0 saturated carbocycles. The van der Waals surface area contributed by atoms with Crippen LogP contribution < -0.4 is 15.8 Å². The van der Waals surface area contributed by atoms with Crippen LogP contribution in [-0.2, 0) is 0 Å². The Labute approximate surface area is 110 Å². The first-order valence-electron chi connectivity index (χ1n) is 5.27. The summed E-state index contributed by atoms with van der Waals surface area (Å²) in [4.78, 5) is 8.27. The van der Waals surface area contributed by atoms with E-state index >= 15 is 0 Å². The Morgan fingerprint density at radius 1 is 1.33 bits per heavy atom. The fourth-order valence-corrected chi connectivity index (χ4v) is 1.46. The highest BCUT2D eigenvalue weighted by molar-refractivity contribution is 7.80. The molecular weight excluding hydrogens is 248 g/mol. The number of pyridine rings is 2. The molecule has 2 rings (SSSR count). The molecule has 0 aliphatic carbocycles. The van der Waals surface area contributed by atoms with E-state index in [4.69, 9.17) is 22.7 Å². The molecular formula is C12H12N4OS. The van der Waals surface area contributed by atoms with Gasteiger partial charge in [-0.05, 0) is 37.3 Å². The third-order valence-corrected chi connectivity index (χ3v) is 2.28. The van der Waals surface area contributed by atoms with Gasteiger partial charge in [0.15, 0.2) is 10.9 Å². The average Bonchev–Trinajstić information content (AvgIpc) is 2.34. The van der Waals surface area contributed by atoms with Crippen molar-refractivity contribution in [3.63, 3.8) is 0 Å². The number of nitrogens with two attached hydrogens (primary N) is 1. The van der Waals surface area contributed by atoms with Gasteiger partial charge in [-0.3, -0.25) is 4.98 Å². The minimum Gasteiger partial charge on any atom is -0.437 e. The normalized spacial score (nSPS) is 9.83. The van der Waals surface area contributed by atoms with E-state index in [-0.39, 0.29) is 5.11 Å². The number of ether oxygens (including phenoxy) is 1. The van der Waals surface area contributed by atoms with E-state index in [2.05, 4.69) is 15.3 Å². The largest absolute Gasteiger partial charge is 0.437 e. The van der Waals surface area contributed by atoms with Gasteiger partial charge < -0.3 is 15.8 Å². The lowest BCUT2D eigenvalue weighted by Gasteiger charge is -2.07. The molecule has 0 fully saturated rings. The van der Waals surface area contributed by atoms with Crippen molar-refractivity contribution < 1.29 is 4.74 Å². The molecule has 0 radical (unpaired) electrons. The van der Waals surface area contributed by atoms with Gasteiger partial charge in [0, 0.05) is 12.3 Å². The van der Waals surface area contributed by atoms with Crippen LogP contribution in [0.3, 0.4) is 0 Å². The lowest BCUT2D eigenvalue weighted by Crippen LogP contribution is -2.18. The van der Waals surface area contributed by atoms with Gasteiger partial charge in [-0.1, -0.05) is 0 Å². The Bertz CT molecular complexity index is 556. The summed E-state index contributed by atoms with van der Waals surface area (Å²) in [6.45, 7) is 1.87. The smallest absolute Gasteiger partial charge is 0.219 e. The summed E-state index contributed by atoms with van der Waals surface area (Å²) in [5, 5.41) is 2.99. The highest BCUT2D eigenvalue weighted by atomic mass is 32.1. The van der Waals surface area contributed by atoms with Crippen LogP contribution in [0.1, 0.15) is 5.69 Å². The standard InChI is InChI=1S/C12H12N4OS/c1-8-10(3-2-6-14-8)17-11-5-4-9(7-15-11)16-12(13)18/h2-7H,1H3,(H3,13,16,18).